The number of halogens is 1. The minimum Gasteiger partial charge on any atom is -0.337 e. The lowest BCUT2D eigenvalue weighted by Gasteiger charge is -2.22. The Morgan fingerprint density at radius 1 is 1.00 bits per heavy atom. The Balaban J connectivity index is 1.70. The Hall–Kier alpha value is -3.03. The molecule has 0 radical (unpaired) electrons. The molecule has 1 saturated heterocycles. The average Bonchev–Trinajstić information content (AvgIpc) is 2.95. The molecule has 0 spiro atoms. The first kappa shape index (κ1) is 19.7. The molecule has 2 aromatic rings. The van der Waals surface area contributed by atoms with Gasteiger partial charge in [-0.3, -0.25) is 14.4 Å². The van der Waals surface area contributed by atoms with Crippen LogP contribution in [0.25, 0.3) is 0 Å². The number of amides is 2. The number of rotatable bonds is 4. The van der Waals surface area contributed by atoms with Gasteiger partial charge in [0.15, 0.2) is 0 Å². The van der Waals surface area contributed by atoms with E-state index in [2.05, 4.69) is 5.10 Å². The van der Waals surface area contributed by atoms with Crippen LogP contribution < -0.4 is 5.56 Å². The lowest BCUT2D eigenvalue weighted by molar-refractivity contribution is 0.0711. The number of hydrogen-bond acceptors (Lipinski definition) is 4. The Labute approximate surface area is 162 Å². The molecule has 2 amide bonds. The fourth-order valence-electron chi connectivity index (χ4n) is 3.23. The lowest BCUT2D eigenvalue weighted by atomic mass is 10.2. The Morgan fingerprint density at radius 2 is 1.68 bits per heavy atom. The highest BCUT2D eigenvalue weighted by atomic mass is 19.1. The molecule has 7 nitrogen and oxygen atoms in total. The Kier molecular flexibility index (Phi) is 6.18. The first-order valence-electron chi connectivity index (χ1n) is 9.42. The standard InChI is InChI=1S/C20H23FN4O3/c1-2-10-25-18(26)9-8-17(22-25)20(28)24-12-5-11-23(13-14-24)19(27)15-6-3-4-7-16(15)21/h3-4,6-9H,2,5,10-14H2,1H3. The Bertz CT molecular complexity index is 928. The second kappa shape index (κ2) is 8.77. The summed E-state index contributed by atoms with van der Waals surface area (Å²) in [6, 6.07) is 8.68. The summed E-state index contributed by atoms with van der Waals surface area (Å²) in [5.74, 6) is -1.20. The first-order chi connectivity index (χ1) is 13.5. The summed E-state index contributed by atoms with van der Waals surface area (Å²) in [4.78, 5) is 40.4. The molecule has 3 rings (SSSR count). The van der Waals surface area contributed by atoms with Crippen LogP contribution in [0.15, 0.2) is 41.2 Å². The number of carbonyl (C=O) groups is 2. The second-order valence-corrected chi connectivity index (χ2v) is 6.70. The zero-order chi connectivity index (χ0) is 20.1. The monoisotopic (exact) mass is 386 g/mol. The SMILES string of the molecule is CCCn1nc(C(=O)N2CCCN(C(=O)c3ccccc3F)CC2)ccc1=O. The van der Waals surface area contributed by atoms with Crippen LogP contribution in [0.4, 0.5) is 4.39 Å². The third-order valence-corrected chi connectivity index (χ3v) is 4.70. The third-order valence-electron chi connectivity index (χ3n) is 4.70. The van der Waals surface area contributed by atoms with Crippen LogP contribution in [0.5, 0.6) is 0 Å². The maximum absolute atomic E-state index is 13.9. The molecule has 1 aromatic carbocycles. The van der Waals surface area contributed by atoms with Gasteiger partial charge < -0.3 is 9.80 Å². The van der Waals surface area contributed by atoms with Crippen LogP contribution in [0, 0.1) is 5.82 Å². The number of carbonyl (C=O) groups excluding carboxylic acids is 2. The summed E-state index contributed by atoms with van der Waals surface area (Å²) in [6.07, 6.45) is 1.32. The molecule has 0 N–H and O–H groups in total. The summed E-state index contributed by atoms with van der Waals surface area (Å²) in [7, 11) is 0. The first-order valence-corrected chi connectivity index (χ1v) is 9.42. The molecule has 0 atom stereocenters. The topological polar surface area (TPSA) is 75.5 Å². The van der Waals surface area contributed by atoms with Crippen LogP contribution in [0.3, 0.4) is 0 Å². The van der Waals surface area contributed by atoms with Gasteiger partial charge in [-0.05, 0) is 31.0 Å². The molecule has 0 saturated carbocycles. The van der Waals surface area contributed by atoms with Gasteiger partial charge in [-0.2, -0.15) is 5.10 Å². The quantitative estimate of drug-likeness (QED) is 0.803. The summed E-state index contributed by atoms with van der Waals surface area (Å²) < 4.78 is 15.2. The number of hydrogen-bond donors (Lipinski definition) is 0. The second-order valence-electron chi connectivity index (χ2n) is 6.70. The molecular formula is C20H23FN4O3. The normalized spacial score (nSPS) is 14.6. The van der Waals surface area contributed by atoms with Crippen molar-refractivity contribution in [2.45, 2.75) is 26.3 Å². The third kappa shape index (κ3) is 4.27. The van der Waals surface area contributed by atoms with Crippen molar-refractivity contribution in [2.75, 3.05) is 26.2 Å². The zero-order valence-electron chi connectivity index (χ0n) is 15.8. The number of benzene rings is 1. The molecule has 0 bridgehead atoms. The Morgan fingerprint density at radius 3 is 2.36 bits per heavy atom. The smallest absolute Gasteiger partial charge is 0.274 e. The predicted octanol–water partition coefficient (Wildman–Crippen LogP) is 1.78. The molecule has 148 valence electrons. The molecule has 1 aliphatic rings. The maximum atomic E-state index is 13.9. The van der Waals surface area contributed by atoms with Gasteiger partial charge in [0.05, 0.1) is 5.56 Å². The van der Waals surface area contributed by atoms with Crippen LogP contribution in [0.2, 0.25) is 0 Å². The molecule has 1 fully saturated rings. The van der Waals surface area contributed by atoms with Gasteiger partial charge in [0, 0.05) is 38.8 Å². The highest BCUT2D eigenvalue weighted by Crippen LogP contribution is 2.13. The van der Waals surface area contributed by atoms with E-state index in [0.717, 1.165) is 6.42 Å². The molecule has 28 heavy (non-hydrogen) atoms. The molecule has 0 unspecified atom stereocenters. The van der Waals surface area contributed by atoms with Gasteiger partial charge in [0.1, 0.15) is 11.5 Å². The van der Waals surface area contributed by atoms with Gasteiger partial charge in [0.2, 0.25) is 0 Å². The van der Waals surface area contributed by atoms with Crippen LogP contribution >= 0.6 is 0 Å². The van der Waals surface area contributed by atoms with E-state index in [9.17, 15) is 18.8 Å². The van der Waals surface area contributed by atoms with Crippen molar-refractivity contribution in [3.8, 4) is 0 Å². The summed E-state index contributed by atoms with van der Waals surface area (Å²) >= 11 is 0. The van der Waals surface area contributed by atoms with Gasteiger partial charge in [-0.1, -0.05) is 19.1 Å². The van der Waals surface area contributed by atoms with Crippen molar-refractivity contribution in [2.24, 2.45) is 0 Å². The molecule has 2 heterocycles. The van der Waals surface area contributed by atoms with E-state index in [0.29, 0.717) is 39.1 Å². The van der Waals surface area contributed by atoms with E-state index in [1.54, 1.807) is 21.9 Å². The van der Waals surface area contributed by atoms with E-state index < -0.39 is 5.82 Å². The van der Waals surface area contributed by atoms with E-state index in [1.807, 2.05) is 6.92 Å². The van der Waals surface area contributed by atoms with Crippen molar-refractivity contribution >= 4 is 11.8 Å². The average molecular weight is 386 g/mol. The highest BCUT2D eigenvalue weighted by molar-refractivity contribution is 5.95. The van der Waals surface area contributed by atoms with Gasteiger partial charge in [0.25, 0.3) is 17.4 Å². The molecule has 8 heteroatoms. The summed E-state index contributed by atoms with van der Waals surface area (Å²) in [5.41, 5.74) is 0.00782. The van der Waals surface area contributed by atoms with Crippen molar-refractivity contribution in [1.82, 2.24) is 19.6 Å². The number of nitrogens with zero attached hydrogens (tertiary/aromatic N) is 4. The van der Waals surface area contributed by atoms with E-state index >= 15 is 0 Å². The van der Waals surface area contributed by atoms with Crippen molar-refractivity contribution in [3.63, 3.8) is 0 Å². The van der Waals surface area contributed by atoms with Crippen molar-refractivity contribution < 1.29 is 14.0 Å². The fourth-order valence-corrected chi connectivity index (χ4v) is 3.23. The minimum atomic E-state index is -0.549. The van der Waals surface area contributed by atoms with Crippen molar-refractivity contribution in [3.05, 3.63) is 63.8 Å². The summed E-state index contributed by atoms with van der Waals surface area (Å²) in [5, 5.41) is 4.16. The lowest BCUT2D eigenvalue weighted by Crippen LogP contribution is -2.38. The molecular weight excluding hydrogens is 363 g/mol. The fraction of sp³-hybridized carbons (Fsp3) is 0.400. The molecule has 1 aliphatic heterocycles. The van der Waals surface area contributed by atoms with E-state index in [1.165, 1.54) is 28.9 Å². The maximum Gasteiger partial charge on any atom is 0.274 e. The van der Waals surface area contributed by atoms with Crippen LogP contribution in [-0.2, 0) is 6.54 Å². The van der Waals surface area contributed by atoms with Crippen LogP contribution in [-0.4, -0.2) is 57.6 Å². The van der Waals surface area contributed by atoms with Gasteiger partial charge >= 0.3 is 0 Å². The van der Waals surface area contributed by atoms with Crippen LogP contribution in [0.1, 0.15) is 40.6 Å². The minimum absolute atomic E-state index is 0.0376. The number of aryl methyl sites for hydroxylation is 1. The zero-order valence-corrected chi connectivity index (χ0v) is 15.8. The van der Waals surface area contributed by atoms with Crippen molar-refractivity contribution in [1.29, 1.82) is 0 Å². The molecule has 0 aliphatic carbocycles. The van der Waals surface area contributed by atoms with E-state index in [-0.39, 0.29) is 28.6 Å². The molecule has 1 aromatic heterocycles. The number of aromatic nitrogens is 2. The van der Waals surface area contributed by atoms with Gasteiger partial charge in [-0.15, -0.1) is 0 Å². The predicted molar refractivity (Wildman–Crippen MR) is 102 cm³/mol. The largest absolute Gasteiger partial charge is 0.337 e. The van der Waals surface area contributed by atoms with E-state index in [4.69, 9.17) is 0 Å². The highest BCUT2D eigenvalue weighted by Gasteiger charge is 2.25. The van der Waals surface area contributed by atoms with Gasteiger partial charge in [-0.25, -0.2) is 9.07 Å². The summed E-state index contributed by atoms with van der Waals surface area (Å²) in [6.45, 7) is 3.93.